The molecule has 2 aromatic carbocycles. The molecule has 5 nitrogen and oxygen atoms in total. The van der Waals surface area contributed by atoms with E-state index in [0.29, 0.717) is 5.95 Å². The molecular weight excluding hydrogens is 326 g/mol. The van der Waals surface area contributed by atoms with Gasteiger partial charge in [0, 0.05) is 11.4 Å². The van der Waals surface area contributed by atoms with Crippen molar-refractivity contribution in [1.82, 2.24) is 9.97 Å². The summed E-state index contributed by atoms with van der Waals surface area (Å²) in [5.74, 6) is 2.20. The zero-order chi connectivity index (χ0) is 18.5. The van der Waals surface area contributed by atoms with Gasteiger partial charge in [0.05, 0.1) is 20.3 Å². The summed E-state index contributed by atoms with van der Waals surface area (Å²) in [5.41, 5.74) is 3.96. The summed E-state index contributed by atoms with van der Waals surface area (Å²) in [4.78, 5) is 9.05. The molecule has 0 amide bonds. The van der Waals surface area contributed by atoms with Gasteiger partial charge < -0.3 is 14.8 Å². The number of aromatic nitrogens is 2. The Bertz CT molecular complexity index is 828. The molecule has 0 aliphatic heterocycles. The Hall–Kier alpha value is -3.08. The van der Waals surface area contributed by atoms with E-state index in [4.69, 9.17) is 9.47 Å². The molecule has 1 heterocycles. The van der Waals surface area contributed by atoms with Crippen molar-refractivity contribution in [3.63, 3.8) is 0 Å². The number of anilines is 1. The van der Waals surface area contributed by atoms with Crippen molar-refractivity contribution in [3.05, 3.63) is 77.1 Å². The number of nitrogens with one attached hydrogen (secondary N) is 1. The molecule has 134 valence electrons. The largest absolute Gasteiger partial charge is 0.497 e. The number of benzene rings is 2. The highest BCUT2D eigenvalue weighted by atomic mass is 16.5. The minimum Gasteiger partial charge on any atom is -0.497 e. The van der Waals surface area contributed by atoms with E-state index in [0.717, 1.165) is 34.0 Å². The summed E-state index contributed by atoms with van der Waals surface area (Å²) in [7, 11) is 3.33. The van der Waals surface area contributed by atoms with E-state index >= 15 is 0 Å². The predicted molar refractivity (Wildman–Crippen MR) is 103 cm³/mol. The first kappa shape index (κ1) is 17.7. The standard InChI is InChI=1S/C21H23N3O2/c1-14-11-15(2)23-21(22-14)24-20(16-7-5-9-18(12-16)25-3)17-8-6-10-19(13-17)26-4/h5-13,20H,1-4H3,(H,22,23,24). The molecule has 0 atom stereocenters. The zero-order valence-electron chi connectivity index (χ0n) is 15.5. The molecule has 1 N–H and O–H groups in total. The summed E-state index contributed by atoms with van der Waals surface area (Å²) in [6, 6.07) is 17.8. The van der Waals surface area contributed by atoms with Crippen molar-refractivity contribution >= 4 is 5.95 Å². The molecule has 0 aliphatic rings. The monoisotopic (exact) mass is 349 g/mol. The van der Waals surface area contributed by atoms with Crippen molar-refractivity contribution in [1.29, 1.82) is 0 Å². The van der Waals surface area contributed by atoms with Crippen LogP contribution in [0.3, 0.4) is 0 Å². The molecule has 0 spiro atoms. The van der Waals surface area contributed by atoms with E-state index in [9.17, 15) is 0 Å². The Balaban J connectivity index is 2.05. The molecule has 0 aliphatic carbocycles. The molecule has 0 unspecified atom stereocenters. The van der Waals surface area contributed by atoms with Gasteiger partial charge in [-0.3, -0.25) is 0 Å². The Morgan fingerprint density at radius 3 is 1.73 bits per heavy atom. The molecule has 3 rings (SSSR count). The lowest BCUT2D eigenvalue weighted by atomic mass is 9.98. The van der Waals surface area contributed by atoms with Gasteiger partial charge in [0.2, 0.25) is 5.95 Å². The van der Waals surface area contributed by atoms with Crippen molar-refractivity contribution in [2.75, 3.05) is 19.5 Å². The highest BCUT2D eigenvalue weighted by molar-refractivity contribution is 5.45. The van der Waals surface area contributed by atoms with Crippen LogP contribution in [0.5, 0.6) is 11.5 Å². The molecule has 0 bridgehead atoms. The lowest BCUT2D eigenvalue weighted by Gasteiger charge is -2.21. The molecule has 1 aromatic heterocycles. The van der Waals surface area contributed by atoms with E-state index < -0.39 is 0 Å². The van der Waals surface area contributed by atoms with Crippen LogP contribution in [-0.4, -0.2) is 24.2 Å². The van der Waals surface area contributed by atoms with Crippen LogP contribution in [-0.2, 0) is 0 Å². The molecule has 0 saturated carbocycles. The third-order valence-corrected chi connectivity index (χ3v) is 4.11. The summed E-state index contributed by atoms with van der Waals surface area (Å²) in [6.45, 7) is 3.93. The predicted octanol–water partition coefficient (Wildman–Crippen LogP) is 4.31. The highest BCUT2D eigenvalue weighted by Crippen LogP contribution is 2.30. The fourth-order valence-electron chi connectivity index (χ4n) is 2.92. The SMILES string of the molecule is COc1cccc(C(Nc2nc(C)cc(C)n2)c2cccc(OC)c2)c1. The number of hydrogen-bond acceptors (Lipinski definition) is 5. The zero-order valence-corrected chi connectivity index (χ0v) is 15.5. The Morgan fingerprint density at radius 2 is 1.27 bits per heavy atom. The van der Waals surface area contributed by atoms with Crippen LogP contribution in [0.25, 0.3) is 0 Å². The van der Waals surface area contributed by atoms with Crippen molar-refractivity contribution in [3.8, 4) is 11.5 Å². The molecule has 3 aromatic rings. The van der Waals surface area contributed by atoms with Crippen molar-refractivity contribution < 1.29 is 9.47 Å². The van der Waals surface area contributed by atoms with Crippen LogP contribution in [0, 0.1) is 13.8 Å². The van der Waals surface area contributed by atoms with Gasteiger partial charge in [0.25, 0.3) is 0 Å². The topological polar surface area (TPSA) is 56.3 Å². The maximum absolute atomic E-state index is 5.39. The fraction of sp³-hybridized carbons (Fsp3) is 0.238. The average Bonchev–Trinajstić information content (AvgIpc) is 2.65. The van der Waals surface area contributed by atoms with E-state index in [-0.39, 0.29) is 6.04 Å². The van der Waals surface area contributed by atoms with Gasteiger partial charge in [-0.2, -0.15) is 0 Å². The number of rotatable bonds is 6. The molecule has 0 fully saturated rings. The molecular formula is C21H23N3O2. The maximum atomic E-state index is 5.39. The van der Waals surface area contributed by atoms with Crippen LogP contribution in [0.4, 0.5) is 5.95 Å². The van der Waals surface area contributed by atoms with Crippen LogP contribution in [0.2, 0.25) is 0 Å². The summed E-state index contributed by atoms with van der Waals surface area (Å²) in [6.07, 6.45) is 0. The third-order valence-electron chi connectivity index (χ3n) is 4.11. The number of methoxy groups -OCH3 is 2. The maximum Gasteiger partial charge on any atom is 0.223 e. The Labute approximate surface area is 154 Å². The highest BCUT2D eigenvalue weighted by Gasteiger charge is 2.17. The minimum atomic E-state index is -0.138. The minimum absolute atomic E-state index is 0.138. The summed E-state index contributed by atoms with van der Waals surface area (Å²) < 4.78 is 10.8. The van der Waals surface area contributed by atoms with Gasteiger partial charge in [0.15, 0.2) is 0 Å². The molecule has 0 saturated heterocycles. The van der Waals surface area contributed by atoms with Crippen LogP contribution in [0.15, 0.2) is 54.6 Å². The smallest absolute Gasteiger partial charge is 0.223 e. The first-order valence-electron chi connectivity index (χ1n) is 8.46. The fourth-order valence-corrected chi connectivity index (χ4v) is 2.92. The lowest BCUT2D eigenvalue weighted by Crippen LogP contribution is -2.15. The van der Waals surface area contributed by atoms with Gasteiger partial charge >= 0.3 is 0 Å². The normalized spacial score (nSPS) is 10.7. The number of hydrogen-bond donors (Lipinski definition) is 1. The van der Waals surface area contributed by atoms with E-state index in [1.54, 1.807) is 14.2 Å². The van der Waals surface area contributed by atoms with Crippen LogP contribution < -0.4 is 14.8 Å². The Morgan fingerprint density at radius 1 is 0.769 bits per heavy atom. The van der Waals surface area contributed by atoms with Crippen LogP contribution >= 0.6 is 0 Å². The summed E-state index contributed by atoms with van der Waals surface area (Å²) in [5, 5.41) is 3.46. The van der Waals surface area contributed by atoms with Gasteiger partial charge in [-0.05, 0) is 55.3 Å². The van der Waals surface area contributed by atoms with E-state index in [1.165, 1.54) is 0 Å². The van der Waals surface area contributed by atoms with E-state index in [1.807, 2.05) is 56.3 Å². The summed E-state index contributed by atoms with van der Waals surface area (Å²) >= 11 is 0. The number of ether oxygens (including phenoxy) is 2. The van der Waals surface area contributed by atoms with Crippen LogP contribution in [0.1, 0.15) is 28.6 Å². The van der Waals surface area contributed by atoms with Gasteiger partial charge in [-0.1, -0.05) is 24.3 Å². The molecule has 0 radical (unpaired) electrons. The second-order valence-electron chi connectivity index (χ2n) is 6.10. The quantitative estimate of drug-likeness (QED) is 0.718. The van der Waals surface area contributed by atoms with Gasteiger partial charge in [0.1, 0.15) is 11.5 Å². The lowest BCUT2D eigenvalue weighted by molar-refractivity contribution is 0.413. The molecule has 26 heavy (non-hydrogen) atoms. The first-order chi connectivity index (χ1) is 12.6. The average molecular weight is 349 g/mol. The Kier molecular flexibility index (Phi) is 5.37. The first-order valence-corrected chi connectivity index (χ1v) is 8.46. The van der Waals surface area contributed by atoms with Crippen molar-refractivity contribution in [2.45, 2.75) is 19.9 Å². The second-order valence-corrected chi connectivity index (χ2v) is 6.10. The van der Waals surface area contributed by atoms with Gasteiger partial charge in [-0.25, -0.2) is 9.97 Å². The second kappa shape index (κ2) is 7.87. The number of nitrogens with zero attached hydrogens (tertiary/aromatic N) is 2. The van der Waals surface area contributed by atoms with Gasteiger partial charge in [-0.15, -0.1) is 0 Å². The molecule has 5 heteroatoms. The number of aryl methyl sites for hydroxylation is 2. The van der Waals surface area contributed by atoms with Crippen molar-refractivity contribution in [2.24, 2.45) is 0 Å². The third kappa shape index (κ3) is 4.11. The van der Waals surface area contributed by atoms with E-state index in [2.05, 4.69) is 27.4 Å².